The number of benzene rings is 1. The van der Waals surface area contributed by atoms with Gasteiger partial charge in [0.25, 0.3) is 5.56 Å². The summed E-state index contributed by atoms with van der Waals surface area (Å²) in [5.74, 6) is 0.974. The molecule has 1 N–H and O–H groups in total. The summed E-state index contributed by atoms with van der Waals surface area (Å²) in [6.07, 6.45) is 6.45. The Morgan fingerprint density at radius 3 is 2.76 bits per heavy atom. The van der Waals surface area contributed by atoms with Crippen molar-refractivity contribution >= 4 is 5.91 Å². The van der Waals surface area contributed by atoms with Crippen LogP contribution in [0.25, 0.3) is 0 Å². The molecular formula is C26H29N5O2. The second-order valence-electron chi connectivity index (χ2n) is 9.01. The molecule has 0 radical (unpaired) electrons. The zero-order valence-corrected chi connectivity index (χ0v) is 18.7. The van der Waals surface area contributed by atoms with Gasteiger partial charge in [-0.3, -0.25) is 19.5 Å². The van der Waals surface area contributed by atoms with Crippen LogP contribution < -0.4 is 5.56 Å². The average molecular weight is 444 g/mol. The summed E-state index contributed by atoms with van der Waals surface area (Å²) in [5.41, 5.74) is 3.99. The lowest BCUT2D eigenvalue weighted by Crippen LogP contribution is -2.36. The number of likely N-dealkylation sites (tertiary alicyclic amines) is 1. The normalized spacial score (nSPS) is 18.3. The molecular weight excluding hydrogens is 414 g/mol. The molecule has 1 saturated heterocycles. The van der Waals surface area contributed by atoms with Crippen LogP contribution in [0.15, 0.2) is 59.7 Å². The first kappa shape index (κ1) is 21.5. The smallest absolute Gasteiger partial charge is 0.254 e. The van der Waals surface area contributed by atoms with Crippen molar-refractivity contribution in [2.45, 2.75) is 44.7 Å². The second kappa shape index (κ2) is 9.67. The van der Waals surface area contributed by atoms with E-state index in [-0.39, 0.29) is 17.4 Å². The fraction of sp³-hybridized carbons (Fsp3) is 0.385. The van der Waals surface area contributed by atoms with E-state index in [2.05, 4.69) is 33.1 Å². The maximum atomic E-state index is 12.8. The number of aromatic amines is 1. The number of rotatable bonds is 6. The van der Waals surface area contributed by atoms with Crippen molar-refractivity contribution in [1.29, 1.82) is 0 Å². The number of amides is 1. The monoisotopic (exact) mass is 443 g/mol. The standard InChI is InChI=1S/C26H29N5O2/c32-24(9-8-19-5-2-1-3-6-19)31-14-10-21(17-31)25-28-23-18-30(13-11-22(23)26(33)29-25)16-20-7-4-12-27-15-20/h1-7,12,15,21H,8-11,13-14,16-18H2,(H,28,29,33). The second-order valence-corrected chi connectivity index (χ2v) is 9.01. The van der Waals surface area contributed by atoms with Crippen LogP contribution in [0.5, 0.6) is 0 Å². The van der Waals surface area contributed by atoms with Crippen LogP contribution in [-0.2, 0) is 30.7 Å². The van der Waals surface area contributed by atoms with Crippen molar-refractivity contribution in [2.75, 3.05) is 19.6 Å². The minimum absolute atomic E-state index is 0.0233. The van der Waals surface area contributed by atoms with Gasteiger partial charge in [0.05, 0.1) is 5.69 Å². The highest BCUT2D eigenvalue weighted by atomic mass is 16.2. The third kappa shape index (κ3) is 5.03. The Bertz CT molecular complexity index is 1160. The van der Waals surface area contributed by atoms with E-state index in [1.807, 2.05) is 35.4 Å². The number of nitrogens with zero attached hydrogens (tertiary/aromatic N) is 4. The largest absolute Gasteiger partial charge is 0.342 e. The SMILES string of the molecule is O=C(CCc1ccccc1)N1CCC(c2nc3c(c(=O)[nH]2)CCN(Cc2cccnc2)C3)C1. The number of aryl methyl sites for hydroxylation is 1. The number of H-pyrrole nitrogens is 1. The van der Waals surface area contributed by atoms with Gasteiger partial charge in [-0.2, -0.15) is 0 Å². The topological polar surface area (TPSA) is 82.2 Å². The molecule has 0 aliphatic carbocycles. The molecule has 1 unspecified atom stereocenters. The Labute approximate surface area is 193 Å². The summed E-state index contributed by atoms with van der Waals surface area (Å²) < 4.78 is 0. The Kier molecular flexibility index (Phi) is 6.30. The summed E-state index contributed by atoms with van der Waals surface area (Å²) in [6.45, 7) is 3.62. The van der Waals surface area contributed by atoms with E-state index >= 15 is 0 Å². The third-order valence-corrected chi connectivity index (χ3v) is 6.70. The first-order chi connectivity index (χ1) is 16.2. The molecule has 33 heavy (non-hydrogen) atoms. The van der Waals surface area contributed by atoms with Gasteiger partial charge in [-0.25, -0.2) is 4.98 Å². The highest BCUT2D eigenvalue weighted by molar-refractivity contribution is 5.76. The number of hydrogen-bond acceptors (Lipinski definition) is 5. The van der Waals surface area contributed by atoms with E-state index in [1.165, 1.54) is 5.56 Å². The van der Waals surface area contributed by atoms with Crippen LogP contribution in [0.2, 0.25) is 0 Å². The number of nitrogens with one attached hydrogen (secondary N) is 1. The van der Waals surface area contributed by atoms with E-state index in [1.54, 1.807) is 6.20 Å². The molecule has 0 bridgehead atoms. The molecule has 2 aliphatic heterocycles. The van der Waals surface area contributed by atoms with E-state index in [0.717, 1.165) is 48.6 Å². The molecule has 0 spiro atoms. The predicted molar refractivity (Wildman–Crippen MR) is 126 cm³/mol. The zero-order chi connectivity index (χ0) is 22.6. The van der Waals surface area contributed by atoms with Gasteiger partial charge < -0.3 is 9.88 Å². The van der Waals surface area contributed by atoms with Gasteiger partial charge in [-0.05, 0) is 36.5 Å². The molecule has 1 fully saturated rings. The summed E-state index contributed by atoms with van der Waals surface area (Å²) >= 11 is 0. The fourth-order valence-corrected chi connectivity index (χ4v) is 4.86. The van der Waals surface area contributed by atoms with Gasteiger partial charge in [-0.1, -0.05) is 36.4 Å². The maximum absolute atomic E-state index is 12.8. The van der Waals surface area contributed by atoms with Crippen LogP contribution in [0.4, 0.5) is 0 Å². The fourth-order valence-electron chi connectivity index (χ4n) is 4.86. The number of aromatic nitrogens is 3. The van der Waals surface area contributed by atoms with Gasteiger partial charge in [0.1, 0.15) is 5.82 Å². The first-order valence-electron chi connectivity index (χ1n) is 11.7. The lowest BCUT2D eigenvalue weighted by atomic mass is 10.0. The van der Waals surface area contributed by atoms with Gasteiger partial charge in [0, 0.05) is 63.0 Å². The number of hydrogen-bond donors (Lipinski definition) is 1. The van der Waals surface area contributed by atoms with Crippen LogP contribution >= 0.6 is 0 Å². The van der Waals surface area contributed by atoms with Crippen molar-refractivity contribution in [1.82, 2.24) is 24.8 Å². The van der Waals surface area contributed by atoms with Crippen LogP contribution in [0.3, 0.4) is 0 Å². The van der Waals surface area contributed by atoms with Crippen molar-refractivity contribution in [3.05, 3.63) is 93.4 Å². The van der Waals surface area contributed by atoms with E-state index in [0.29, 0.717) is 32.5 Å². The molecule has 7 nitrogen and oxygen atoms in total. The van der Waals surface area contributed by atoms with E-state index in [9.17, 15) is 9.59 Å². The van der Waals surface area contributed by atoms with Crippen molar-refractivity contribution < 1.29 is 4.79 Å². The Hall–Kier alpha value is -3.32. The lowest BCUT2D eigenvalue weighted by molar-refractivity contribution is -0.130. The molecule has 5 rings (SSSR count). The maximum Gasteiger partial charge on any atom is 0.254 e. The van der Waals surface area contributed by atoms with Crippen molar-refractivity contribution in [2.24, 2.45) is 0 Å². The molecule has 0 saturated carbocycles. The summed E-state index contributed by atoms with van der Waals surface area (Å²) in [4.78, 5) is 41.8. The number of carbonyl (C=O) groups is 1. The van der Waals surface area contributed by atoms with Gasteiger partial charge in [-0.15, -0.1) is 0 Å². The highest BCUT2D eigenvalue weighted by Gasteiger charge is 2.30. The van der Waals surface area contributed by atoms with Crippen molar-refractivity contribution in [3.63, 3.8) is 0 Å². The molecule has 1 atom stereocenters. The lowest BCUT2D eigenvalue weighted by Gasteiger charge is -2.28. The molecule has 2 aliphatic rings. The zero-order valence-electron chi connectivity index (χ0n) is 18.7. The molecule has 3 aromatic rings. The van der Waals surface area contributed by atoms with Crippen molar-refractivity contribution in [3.8, 4) is 0 Å². The van der Waals surface area contributed by atoms with Crippen LogP contribution in [0.1, 0.15) is 47.0 Å². The van der Waals surface area contributed by atoms with Gasteiger partial charge in [0.2, 0.25) is 5.91 Å². The highest BCUT2D eigenvalue weighted by Crippen LogP contribution is 2.26. The van der Waals surface area contributed by atoms with E-state index < -0.39 is 0 Å². The quantitative estimate of drug-likeness (QED) is 0.633. The Morgan fingerprint density at radius 2 is 1.94 bits per heavy atom. The van der Waals surface area contributed by atoms with Gasteiger partial charge >= 0.3 is 0 Å². The van der Waals surface area contributed by atoms with E-state index in [4.69, 9.17) is 4.98 Å². The molecule has 1 aromatic carbocycles. The number of pyridine rings is 1. The minimum Gasteiger partial charge on any atom is -0.342 e. The summed E-state index contributed by atoms with van der Waals surface area (Å²) in [6, 6.07) is 14.1. The number of fused-ring (bicyclic) bond motifs is 1. The van der Waals surface area contributed by atoms with Crippen LogP contribution in [0, 0.1) is 0 Å². The molecule has 4 heterocycles. The molecule has 2 aromatic heterocycles. The molecule has 1 amide bonds. The summed E-state index contributed by atoms with van der Waals surface area (Å²) in [5, 5.41) is 0. The van der Waals surface area contributed by atoms with Gasteiger partial charge in [0.15, 0.2) is 0 Å². The third-order valence-electron chi connectivity index (χ3n) is 6.70. The molecule has 170 valence electrons. The molecule has 7 heteroatoms. The van der Waals surface area contributed by atoms with Crippen LogP contribution in [-0.4, -0.2) is 50.3 Å². The Morgan fingerprint density at radius 1 is 1.09 bits per heavy atom. The average Bonchev–Trinajstić information content (AvgIpc) is 3.34. The Balaban J connectivity index is 1.23. The first-order valence-corrected chi connectivity index (χ1v) is 11.7. The predicted octanol–water partition coefficient (Wildman–Crippen LogP) is 2.67. The number of carbonyl (C=O) groups excluding carboxylic acids is 1. The minimum atomic E-state index is -0.0233. The summed E-state index contributed by atoms with van der Waals surface area (Å²) in [7, 11) is 0.